The summed E-state index contributed by atoms with van der Waals surface area (Å²) in [5.74, 6) is -4.39. The van der Waals surface area contributed by atoms with Crippen LogP contribution in [0.25, 0.3) is 0 Å². The van der Waals surface area contributed by atoms with Gasteiger partial charge in [-0.1, -0.05) is 11.6 Å². The topological polar surface area (TPSA) is 93.5 Å². The number of halogens is 3. The maximum Gasteiger partial charge on any atom is 0.277 e. The molecule has 4 rings (SSSR count). The van der Waals surface area contributed by atoms with E-state index in [0.717, 1.165) is 17.0 Å². The molecule has 8 nitrogen and oxygen atoms in total. The largest absolute Gasteiger partial charge is 0.497 e. The number of ether oxygens (including phenoxy) is 1. The number of amides is 2. The summed E-state index contributed by atoms with van der Waals surface area (Å²) < 4.78 is 36.3. The van der Waals surface area contributed by atoms with Crippen LogP contribution in [0, 0.1) is 11.6 Å². The smallest absolute Gasteiger partial charge is 0.277 e. The van der Waals surface area contributed by atoms with Gasteiger partial charge in [0.05, 0.1) is 19.6 Å². The molecule has 3 aromatic rings. The lowest BCUT2D eigenvalue weighted by atomic mass is 9.92. The normalized spacial score (nSPS) is 17.5. The summed E-state index contributed by atoms with van der Waals surface area (Å²) in [4.78, 5) is 44.3. The van der Waals surface area contributed by atoms with Crippen molar-refractivity contribution >= 4 is 29.1 Å². The third-order valence-corrected chi connectivity index (χ3v) is 6.13. The summed E-state index contributed by atoms with van der Waals surface area (Å²) in [7, 11) is 1.27. The zero-order valence-corrected chi connectivity index (χ0v) is 19.6. The summed E-state index contributed by atoms with van der Waals surface area (Å²) in [6.07, 6.45) is 2.54. The van der Waals surface area contributed by atoms with Crippen molar-refractivity contribution in [3.05, 3.63) is 87.1 Å². The van der Waals surface area contributed by atoms with Crippen molar-refractivity contribution in [3.8, 4) is 5.75 Å². The van der Waals surface area contributed by atoms with Crippen LogP contribution < -0.4 is 20.5 Å². The Morgan fingerprint density at radius 3 is 2.46 bits per heavy atom. The fourth-order valence-electron chi connectivity index (χ4n) is 4.08. The van der Waals surface area contributed by atoms with Crippen LogP contribution >= 0.6 is 11.6 Å². The molecule has 0 spiro atoms. The van der Waals surface area contributed by atoms with Crippen LogP contribution in [0.2, 0.25) is 5.02 Å². The molecule has 2 aromatic carbocycles. The molecule has 2 atom stereocenters. The zero-order chi connectivity index (χ0) is 25.3. The Hall–Kier alpha value is -3.79. The number of rotatable bonds is 6. The number of nitrogens with zero attached hydrogens (tertiary/aromatic N) is 3. The van der Waals surface area contributed by atoms with E-state index in [0.29, 0.717) is 11.6 Å². The number of benzene rings is 2. The van der Waals surface area contributed by atoms with Gasteiger partial charge in [-0.15, -0.1) is 0 Å². The first-order chi connectivity index (χ1) is 16.7. The minimum atomic E-state index is -1.36. The van der Waals surface area contributed by atoms with E-state index in [1.54, 1.807) is 6.92 Å². The predicted molar refractivity (Wildman–Crippen MR) is 125 cm³/mol. The number of carbonyl (C=O) groups excluding carboxylic acids is 2. The van der Waals surface area contributed by atoms with Gasteiger partial charge in [-0.05, 0) is 31.2 Å². The van der Waals surface area contributed by atoms with Crippen LogP contribution in [0.4, 0.5) is 14.5 Å². The minimum absolute atomic E-state index is 0.0372. The van der Waals surface area contributed by atoms with Gasteiger partial charge in [-0.2, -0.15) is 0 Å². The first-order valence-corrected chi connectivity index (χ1v) is 11.1. The van der Waals surface area contributed by atoms with Gasteiger partial charge in [-0.25, -0.2) is 13.8 Å². The molecule has 2 heterocycles. The molecule has 0 aliphatic carbocycles. The van der Waals surface area contributed by atoms with E-state index in [9.17, 15) is 14.4 Å². The third-order valence-electron chi connectivity index (χ3n) is 5.88. The van der Waals surface area contributed by atoms with Gasteiger partial charge in [0.2, 0.25) is 5.91 Å². The Balaban J connectivity index is 1.77. The first kappa shape index (κ1) is 24.3. The Kier molecular flexibility index (Phi) is 6.83. The summed E-state index contributed by atoms with van der Waals surface area (Å²) in [6.45, 7) is 1.79. The molecule has 182 valence electrons. The maximum absolute atomic E-state index is 15.0. The molecule has 1 fully saturated rings. The quantitative estimate of drug-likeness (QED) is 0.559. The number of aryl methyl sites for hydroxylation is 1. The fourth-order valence-corrected chi connectivity index (χ4v) is 4.20. The molecule has 1 aliphatic rings. The van der Waals surface area contributed by atoms with E-state index < -0.39 is 46.5 Å². The van der Waals surface area contributed by atoms with Crippen molar-refractivity contribution in [2.45, 2.75) is 25.4 Å². The summed E-state index contributed by atoms with van der Waals surface area (Å²) in [5.41, 5.74) is -0.746. The van der Waals surface area contributed by atoms with Crippen molar-refractivity contribution in [2.24, 2.45) is 0 Å². The number of aromatic nitrogens is 2. The molecule has 2 amide bonds. The molecule has 0 bridgehead atoms. The lowest BCUT2D eigenvalue weighted by Crippen LogP contribution is -2.44. The Bertz CT molecular complexity index is 1320. The number of hydrogen-bond donors (Lipinski definition) is 1. The summed E-state index contributed by atoms with van der Waals surface area (Å²) in [5, 5.41) is 2.99. The number of carbonyl (C=O) groups is 2. The van der Waals surface area contributed by atoms with E-state index >= 15 is 8.78 Å². The molecular weight excluding hydrogens is 482 g/mol. The van der Waals surface area contributed by atoms with Crippen LogP contribution in [0.5, 0.6) is 5.75 Å². The van der Waals surface area contributed by atoms with Gasteiger partial charge in [0.15, 0.2) is 0 Å². The summed E-state index contributed by atoms with van der Waals surface area (Å²) >= 11 is 5.88. The predicted octanol–water partition coefficient (Wildman–Crippen LogP) is 3.13. The van der Waals surface area contributed by atoms with E-state index in [-0.39, 0.29) is 23.5 Å². The van der Waals surface area contributed by atoms with Crippen molar-refractivity contribution in [3.63, 3.8) is 0 Å². The SMILES string of the molecule is CCn1cncc(N2C[C@@H](c3c(F)cc(OC)cc3F)[C@H](NC(=O)c3ccc(Cl)cc3)C2=O)c1=O. The van der Waals surface area contributed by atoms with Crippen LogP contribution in [0.15, 0.2) is 53.7 Å². The molecule has 0 radical (unpaired) electrons. The number of anilines is 1. The maximum atomic E-state index is 15.0. The van der Waals surface area contributed by atoms with Gasteiger partial charge in [0, 0.05) is 47.3 Å². The van der Waals surface area contributed by atoms with Crippen LogP contribution in [-0.2, 0) is 11.3 Å². The molecular formula is C24H21ClF2N4O4. The van der Waals surface area contributed by atoms with Gasteiger partial charge < -0.3 is 15.0 Å². The molecule has 0 saturated carbocycles. The standard InChI is InChI=1S/C24H21ClF2N4O4/c1-3-30-12-28-10-19(23(30)33)31-11-16(20-17(26)8-15(35-2)9-18(20)27)21(24(31)34)29-22(32)13-4-6-14(25)7-5-13/h4-10,12,16,21H,3,11H2,1-2H3,(H,29,32)/t16-,21-/m0/s1. The highest BCUT2D eigenvalue weighted by Crippen LogP contribution is 2.35. The highest BCUT2D eigenvalue weighted by atomic mass is 35.5. The van der Waals surface area contributed by atoms with Crippen molar-refractivity contribution < 1.29 is 23.1 Å². The molecule has 11 heteroatoms. The minimum Gasteiger partial charge on any atom is -0.497 e. The number of hydrogen-bond acceptors (Lipinski definition) is 5. The zero-order valence-electron chi connectivity index (χ0n) is 18.8. The second kappa shape index (κ2) is 9.83. The molecule has 35 heavy (non-hydrogen) atoms. The van der Waals surface area contributed by atoms with Crippen molar-refractivity contribution in [1.29, 1.82) is 0 Å². The first-order valence-electron chi connectivity index (χ1n) is 10.7. The van der Waals surface area contributed by atoms with Crippen LogP contribution in [0.1, 0.15) is 28.8 Å². The summed E-state index contributed by atoms with van der Waals surface area (Å²) in [6, 6.07) is 6.56. The molecule has 1 aromatic heterocycles. The average Bonchev–Trinajstić information content (AvgIpc) is 3.14. The van der Waals surface area contributed by atoms with Crippen LogP contribution in [-0.4, -0.2) is 41.1 Å². The van der Waals surface area contributed by atoms with E-state index in [2.05, 4.69) is 10.3 Å². The molecule has 1 N–H and O–H groups in total. The Labute approximate surface area is 204 Å². The number of nitrogens with one attached hydrogen (secondary N) is 1. The fraction of sp³-hybridized carbons (Fsp3) is 0.250. The van der Waals surface area contributed by atoms with E-state index in [1.165, 1.54) is 48.5 Å². The molecule has 1 saturated heterocycles. The van der Waals surface area contributed by atoms with Crippen LogP contribution in [0.3, 0.4) is 0 Å². The second-order valence-electron chi connectivity index (χ2n) is 7.89. The van der Waals surface area contributed by atoms with Crippen molar-refractivity contribution in [1.82, 2.24) is 14.9 Å². The number of methoxy groups -OCH3 is 1. The second-order valence-corrected chi connectivity index (χ2v) is 8.32. The average molecular weight is 503 g/mol. The monoisotopic (exact) mass is 502 g/mol. The Morgan fingerprint density at radius 1 is 1.20 bits per heavy atom. The lowest BCUT2D eigenvalue weighted by Gasteiger charge is -2.20. The van der Waals surface area contributed by atoms with Crippen molar-refractivity contribution in [2.75, 3.05) is 18.6 Å². The third kappa shape index (κ3) is 4.61. The van der Waals surface area contributed by atoms with Gasteiger partial charge in [0.25, 0.3) is 11.5 Å². The van der Waals surface area contributed by atoms with Gasteiger partial charge in [0.1, 0.15) is 29.1 Å². The lowest BCUT2D eigenvalue weighted by molar-refractivity contribution is -0.118. The highest BCUT2D eigenvalue weighted by Gasteiger charge is 2.46. The van der Waals surface area contributed by atoms with Gasteiger partial charge in [-0.3, -0.25) is 19.0 Å². The van der Waals surface area contributed by atoms with E-state index in [4.69, 9.17) is 16.3 Å². The molecule has 0 unspecified atom stereocenters. The van der Waals surface area contributed by atoms with E-state index in [1.807, 2.05) is 0 Å². The highest BCUT2D eigenvalue weighted by molar-refractivity contribution is 6.30. The molecule has 1 aliphatic heterocycles. The Morgan fingerprint density at radius 2 is 1.86 bits per heavy atom. The van der Waals surface area contributed by atoms with Gasteiger partial charge >= 0.3 is 0 Å².